The first kappa shape index (κ1) is 17.3. The van der Waals surface area contributed by atoms with Crippen molar-refractivity contribution < 1.29 is 13.2 Å². The van der Waals surface area contributed by atoms with Crippen LogP contribution in [0.25, 0.3) is 15.7 Å². The molecule has 0 radical (unpaired) electrons. The monoisotopic (exact) mass is 440 g/mol. The van der Waals surface area contributed by atoms with E-state index in [0.717, 1.165) is 10.5 Å². The van der Waals surface area contributed by atoms with E-state index in [-0.39, 0.29) is 10.1 Å². The summed E-state index contributed by atoms with van der Waals surface area (Å²) < 4.78 is 41.7. The molecule has 0 atom stereocenters. The zero-order chi connectivity index (χ0) is 18.1. The number of fused-ring (bicyclic) bond motifs is 1. The van der Waals surface area contributed by atoms with Crippen LogP contribution >= 0.6 is 11.8 Å². The molecule has 4 rings (SSSR count). The number of hydrogen-bond acceptors (Lipinski definition) is 4. The fourth-order valence-corrected chi connectivity index (χ4v) is 4.78. The Morgan fingerprint density at radius 1 is 1.12 bits per heavy atom. The number of benzene rings is 2. The molecule has 0 unspecified atom stereocenters. The molecule has 0 saturated heterocycles. The average molecular weight is 439 g/mol. The molecule has 26 heavy (non-hydrogen) atoms. The van der Waals surface area contributed by atoms with E-state index >= 15 is 0 Å². The van der Waals surface area contributed by atoms with Crippen LogP contribution in [-0.4, -0.2) is 34.3 Å². The number of halogens is 3. The minimum atomic E-state index is -2.63. The molecule has 0 aliphatic heterocycles. The van der Waals surface area contributed by atoms with Gasteiger partial charge in [0, 0.05) is 0 Å². The van der Waals surface area contributed by atoms with Crippen molar-refractivity contribution in [2.75, 3.05) is 0 Å². The first-order valence-electron chi connectivity index (χ1n) is 7.57. The van der Waals surface area contributed by atoms with Gasteiger partial charge in [-0.1, -0.05) is 0 Å². The zero-order valence-corrected chi connectivity index (χ0v) is 15.7. The average Bonchev–Trinajstić information content (AvgIpc) is 3.28. The molecule has 2 heterocycles. The van der Waals surface area contributed by atoms with Crippen molar-refractivity contribution in [1.29, 1.82) is 0 Å². The van der Waals surface area contributed by atoms with E-state index < -0.39 is 26.7 Å². The fraction of sp³-hybridized carbons (Fsp3) is 0.118. The van der Waals surface area contributed by atoms with Gasteiger partial charge in [0.2, 0.25) is 0 Å². The second-order valence-corrected chi connectivity index (χ2v) is 8.51. The molecule has 2 aromatic carbocycles. The molecule has 4 nitrogen and oxygen atoms in total. The Kier molecular flexibility index (Phi) is 4.84. The molecule has 0 aliphatic rings. The van der Waals surface area contributed by atoms with Gasteiger partial charge in [-0.05, 0) is 0 Å². The first-order valence-corrected chi connectivity index (χ1v) is 10.3. The summed E-state index contributed by atoms with van der Waals surface area (Å²) in [6.07, 6.45) is -1.22. The van der Waals surface area contributed by atoms with E-state index in [0.29, 0.717) is 16.0 Å². The molecular weight excluding hydrogens is 428 g/mol. The van der Waals surface area contributed by atoms with Crippen LogP contribution < -0.4 is 0 Å². The number of hydrogen-bond donors (Lipinski definition) is 0. The number of alkyl halides is 2. The van der Waals surface area contributed by atoms with Gasteiger partial charge in [0.15, 0.2) is 0 Å². The predicted octanol–water partition coefficient (Wildman–Crippen LogP) is 4.24. The van der Waals surface area contributed by atoms with E-state index in [1.165, 1.54) is 24.2 Å². The Morgan fingerprint density at radius 2 is 1.92 bits per heavy atom. The number of nitrogens with zero attached hydrogens (tertiary/aromatic N) is 4. The second kappa shape index (κ2) is 7.26. The Hall–Kier alpha value is -2.09. The normalized spacial score (nSPS) is 11.5. The van der Waals surface area contributed by atoms with Gasteiger partial charge >= 0.3 is 157 Å². The van der Waals surface area contributed by atoms with Gasteiger partial charge in [-0.25, -0.2) is 0 Å². The van der Waals surface area contributed by atoms with Crippen LogP contribution in [0.5, 0.6) is 0 Å². The van der Waals surface area contributed by atoms with E-state index in [1.54, 1.807) is 10.6 Å². The molecule has 0 fully saturated rings. The van der Waals surface area contributed by atoms with Crippen LogP contribution in [0.3, 0.4) is 0 Å². The van der Waals surface area contributed by atoms with E-state index in [1.807, 2.05) is 30.3 Å². The minimum absolute atomic E-state index is 0.193. The summed E-state index contributed by atoms with van der Waals surface area (Å²) in [5.41, 5.74) is 1.83. The topological polar surface area (TPSA) is 43.6 Å². The summed E-state index contributed by atoms with van der Waals surface area (Å²) in [4.78, 5) is 4.80. The van der Waals surface area contributed by atoms with E-state index in [2.05, 4.69) is 15.2 Å². The van der Waals surface area contributed by atoms with Crippen LogP contribution in [0.2, 0.25) is 0 Å². The maximum atomic E-state index is 14.4. The summed E-state index contributed by atoms with van der Waals surface area (Å²) in [5, 5.41) is 7.37. The summed E-state index contributed by atoms with van der Waals surface area (Å²) in [6.45, 7) is 0. The van der Waals surface area contributed by atoms with Gasteiger partial charge in [-0.15, -0.1) is 0 Å². The molecule has 9 heteroatoms. The molecule has 0 N–H and O–H groups in total. The molecule has 0 amide bonds. The van der Waals surface area contributed by atoms with Gasteiger partial charge in [-0.2, -0.15) is 0 Å². The van der Waals surface area contributed by atoms with Crippen molar-refractivity contribution >= 4 is 37.3 Å². The van der Waals surface area contributed by atoms with Crippen molar-refractivity contribution in [3.63, 3.8) is 0 Å². The van der Waals surface area contributed by atoms with Gasteiger partial charge in [0.05, 0.1) is 0 Å². The van der Waals surface area contributed by atoms with Gasteiger partial charge in [0.25, 0.3) is 0 Å². The first-order chi connectivity index (χ1) is 12.6. The zero-order valence-electron chi connectivity index (χ0n) is 13.1. The quantitative estimate of drug-likeness (QED) is 0.345. The molecule has 132 valence electrons. The SMILES string of the molecule is Fc1cc(SCc2ccccc2)cc2c1ncn2-c1nnc(C(F)F)[se]1. The molecule has 0 spiro atoms. The van der Waals surface area contributed by atoms with Crippen molar-refractivity contribution in [3.8, 4) is 4.69 Å². The maximum absolute atomic E-state index is 14.4. The van der Waals surface area contributed by atoms with Crippen LogP contribution in [0, 0.1) is 5.82 Å². The van der Waals surface area contributed by atoms with Crippen molar-refractivity contribution in [3.05, 3.63) is 64.7 Å². The van der Waals surface area contributed by atoms with Gasteiger partial charge in [0.1, 0.15) is 0 Å². The van der Waals surface area contributed by atoms with Crippen molar-refractivity contribution in [2.45, 2.75) is 17.1 Å². The predicted molar refractivity (Wildman–Crippen MR) is 94.5 cm³/mol. The third kappa shape index (κ3) is 3.42. The Balaban J connectivity index is 1.68. The number of rotatable bonds is 5. The number of imidazole rings is 1. The molecule has 2 aromatic heterocycles. The van der Waals surface area contributed by atoms with Gasteiger partial charge in [-0.3, -0.25) is 0 Å². The number of aromatic nitrogens is 4. The molecule has 0 bridgehead atoms. The number of thioether (sulfide) groups is 1. The fourth-order valence-electron chi connectivity index (χ4n) is 2.44. The Bertz CT molecular complexity index is 1050. The summed E-state index contributed by atoms with van der Waals surface area (Å²) in [6, 6.07) is 13.1. The Morgan fingerprint density at radius 3 is 2.65 bits per heavy atom. The molecule has 0 saturated carbocycles. The Labute approximate surface area is 156 Å². The molecule has 4 aromatic rings. The van der Waals surface area contributed by atoms with E-state index in [9.17, 15) is 13.2 Å². The standard InChI is InChI=1S/C17H11F3N4SSe/c18-12-6-11(25-8-10-4-2-1-3-5-10)7-13-14(12)21-9-24(13)17-23-22-16(26-17)15(19)20/h1-7,9,15H,8H2. The third-order valence-electron chi connectivity index (χ3n) is 3.65. The van der Waals surface area contributed by atoms with Gasteiger partial charge < -0.3 is 0 Å². The summed E-state index contributed by atoms with van der Waals surface area (Å²) in [5.74, 6) is 0.251. The third-order valence-corrected chi connectivity index (χ3v) is 6.65. The summed E-state index contributed by atoms with van der Waals surface area (Å²) >= 11 is 0.795. The van der Waals surface area contributed by atoms with Crippen LogP contribution in [0.4, 0.5) is 13.2 Å². The molecular formula is C17H11F3N4SSe. The van der Waals surface area contributed by atoms with Crippen molar-refractivity contribution in [1.82, 2.24) is 19.7 Å². The van der Waals surface area contributed by atoms with Crippen LogP contribution in [0.1, 0.15) is 16.6 Å². The van der Waals surface area contributed by atoms with E-state index in [4.69, 9.17) is 0 Å². The van der Waals surface area contributed by atoms with Crippen LogP contribution in [0.15, 0.2) is 53.7 Å². The summed E-state index contributed by atoms with van der Waals surface area (Å²) in [7, 11) is 0. The second-order valence-electron chi connectivity index (χ2n) is 5.39. The van der Waals surface area contributed by atoms with Crippen LogP contribution in [-0.2, 0) is 5.75 Å². The van der Waals surface area contributed by atoms with Crippen molar-refractivity contribution in [2.24, 2.45) is 0 Å². The molecule has 0 aliphatic carbocycles.